The molecule has 0 bridgehead atoms. The SMILES string of the molecule is CC(c1cccc(F)c1)n1cc(C(=O)NCc2cccnc2)nn1. The number of benzene rings is 1. The predicted octanol–water partition coefficient (Wildman–Crippen LogP) is 2.35. The van der Waals surface area contributed by atoms with Gasteiger partial charge in [0.05, 0.1) is 12.2 Å². The van der Waals surface area contributed by atoms with E-state index < -0.39 is 0 Å². The second-order valence-electron chi connectivity index (χ2n) is 5.36. The molecule has 3 rings (SSSR count). The highest BCUT2D eigenvalue weighted by atomic mass is 19.1. The molecule has 2 aromatic heterocycles. The van der Waals surface area contributed by atoms with Gasteiger partial charge in [0, 0.05) is 18.9 Å². The van der Waals surface area contributed by atoms with Gasteiger partial charge in [-0.2, -0.15) is 0 Å². The topological polar surface area (TPSA) is 72.7 Å². The first-order valence-corrected chi connectivity index (χ1v) is 7.48. The molecule has 3 aromatic rings. The zero-order valence-corrected chi connectivity index (χ0v) is 13.1. The van der Waals surface area contributed by atoms with Crippen LogP contribution in [-0.4, -0.2) is 25.9 Å². The van der Waals surface area contributed by atoms with E-state index in [2.05, 4.69) is 20.6 Å². The fourth-order valence-corrected chi connectivity index (χ4v) is 2.26. The maximum absolute atomic E-state index is 13.3. The number of amides is 1. The molecule has 0 spiro atoms. The Hall–Kier alpha value is -3.09. The molecule has 1 amide bonds. The van der Waals surface area contributed by atoms with E-state index in [1.54, 1.807) is 36.8 Å². The minimum atomic E-state index is -0.323. The van der Waals surface area contributed by atoms with Crippen LogP contribution in [0.25, 0.3) is 0 Å². The second kappa shape index (κ2) is 6.99. The van der Waals surface area contributed by atoms with Gasteiger partial charge in [-0.3, -0.25) is 9.78 Å². The molecule has 0 saturated carbocycles. The van der Waals surface area contributed by atoms with E-state index in [4.69, 9.17) is 0 Å². The van der Waals surface area contributed by atoms with Crippen LogP contribution in [0.1, 0.15) is 34.6 Å². The van der Waals surface area contributed by atoms with Gasteiger partial charge in [0.15, 0.2) is 5.69 Å². The third-order valence-electron chi connectivity index (χ3n) is 3.65. The maximum atomic E-state index is 13.3. The molecule has 6 nitrogen and oxygen atoms in total. The van der Waals surface area contributed by atoms with Gasteiger partial charge < -0.3 is 5.32 Å². The summed E-state index contributed by atoms with van der Waals surface area (Å²) in [5.41, 5.74) is 1.86. The summed E-state index contributed by atoms with van der Waals surface area (Å²) in [5.74, 6) is -0.634. The number of hydrogen-bond donors (Lipinski definition) is 1. The fourth-order valence-electron chi connectivity index (χ4n) is 2.26. The monoisotopic (exact) mass is 325 g/mol. The smallest absolute Gasteiger partial charge is 0.273 e. The van der Waals surface area contributed by atoms with Gasteiger partial charge in [0.2, 0.25) is 0 Å². The number of halogens is 1. The highest BCUT2D eigenvalue weighted by molar-refractivity contribution is 5.91. The number of hydrogen-bond acceptors (Lipinski definition) is 4. The predicted molar refractivity (Wildman–Crippen MR) is 85.6 cm³/mol. The largest absolute Gasteiger partial charge is 0.346 e. The quantitative estimate of drug-likeness (QED) is 0.781. The van der Waals surface area contributed by atoms with Gasteiger partial charge in [0.1, 0.15) is 5.82 Å². The van der Waals surface area contributed by atoms with Crippen molar-refractivity contribution in [1.82, 2.24) is 25.3 Å². The standard InChI is InChI=1S/C17H16FN5O/c1-12(14-5-2-6-15(18)8-14)23-11-16(21-22-23)17(24)20-10-13-4-3-7-19-9-13/h2-9,11-12H,10H2,1H3,(H,20,24). The lowest BCUT2D eigenvalue weighted by Gasteiger charge is -2.11. The molecule has 1 aromatic carbocycles. The van der Waals surface area contributed by atoms with Crippen LogP contribution < -0.4 is 5.32 Å². The molecule has 122 valence electrons. The van der Waals surface area contributed by atoms with Crippen molar-refractivity contribution in [2.45, 2.75) is 19.5 Å². The molecule has 24 heavy (non-hydrogen) atoms. The van der Waals surface area contributed by atoms with E-state index in [-0.39, 0.29) is 23.5 Å². The molecule has 2 heterocycles. The lowest BCUT2D eigenvalue weighted by atomic mass is 10.1. The first-order chi connectivity index (χ1) is 11.6. The maximum Gasteiger partial charge on any atom is 0.273 e. The molecule has 0 fully saturated rings. The Morgan fingerprint density at radius 2 is 2.21 bits per heavy atom. The summed E-state index contributed by atoms with van der Waals surface area (Å²) >= 11 is 0. The van der Waals surface area contributed by atoms with Crippen molar-refractivity contribution in [3.63, 3.8) is 0 Å². The van der Waals surface area contributed by atoms with Crippen LogP contribution in [0.15, 0.2) is 55.0 Å². The van der Waals surface area contributed by atoms with Crippen LogP contribution in [0, 0.1) is 5.82 Å². The molecule has 1 N–H and O–H groups in total. The van der Waals surface area contributed by atoms with Gasteiger partial charge in [-0.05, 0) is 36.2 Å². The number of nitrogens with zero attached hydrogens (tertiary/aromatic N) is 4. The van der Waals surface area contributed by atoms with Crippen molar-refractivity contribution in [3.05, 3.63) is 77.6 Å². The zero-order chi connectivity index (χ0) is 16.9. The van der Waals surface area contributed by atoms with Crippen LogP contribution in [-0.2, 0) is 6.54 Å². The Labute approximate surface area is 138 Å². The summed E-state index contributed by atoms with van der Waals surface area (Å²) in [6.07, 6.45) is 4.90. The van der Waals surface area contributed by atoms with Crippen LogP contribution in [0.5, 0.6) is 0 Å². The van der Waals surface area contributed by atoms with Crippen LogP contribution in [0.3, 0.4) is 0 Å². The molecular weight excluding hydrogens is 309 g/mol. The molecule has 0 aliphatic carbocycles. The second-order valence-corrected chi connectivity index (χ2v) is 5.36. The summed E-state index contributed by atoms with van der Waals surface area (Å²) in [7, 11) is 0. The Morgan fingerprint density at radius 3 is 2.96 bits per heavy atom. The number of carbonyl (C=O) groups is 1. The lowest BCUT2D eigenvalue weighted by Crippen LogP contribution is -2.23. The van der Waals surface area contributed by atoms with Gasteiger partial charge in [-0.1, -0.05) is 23.4 Å². The third kappa shape index (κ3) is 3.62. The Balaban J connectivity index is 1.67. The Kier molecular flexibility index (Phi) is 4.60. The van der Waals surface area contributed by atoms with E-state index >= 15 is 0 Å². The van der Waals surface area contributed by atoms with Gasteiger partial charge >= 0.3 is 0 Å². The number of carbonyl (C=O) groups excluding carboxylic acids is 1. The van der Waals surface area contributed by atoms with E-state index in [9.17, 15) is 9.18 Å². The highest BCUT2D eigenvalue weighted by Gasteiger charge is 2.15. The minimum absolute atomic E-state index is 0.210. The van der Waals surface area contributed by atoms with Gasteiger partial charge in [-0.15, -0.1) is 5.10 Å². The first kappa shape index (κ1) is 15.8. The first-order valence-electron chi connectivity index (χ1n) is 7.48. The molecule has 7 heteroatoms. The van der Waals surface area contributed by atoms with E-state index in [0.717, 1.165) is 11.1 Å². The van der Waals surface area contributed by atoms with E-state index in [1.807, 2.05) is 13.0 Å². The summed E-state index contributed by atoms with van der Waals surface area (Å²) in [6, 6.07) is 9.71. The summed E-state index contributed by atoms with van der Waals surface area (Å²) in [6.45, 7) is 2.22. The van der Waals surface area contributed by atoms with Gasteiger partial charge in [-0.25, -0.2) is 9.07 Å². The number of rotatable bonds is 5. The van der Waals surface area contributed by atoms with Crippen LogP contribution >= 0.6 is 0 Å². The van der Waals surface area contributed by atoms with Crippen molar-refractivity contribution < 1.29 is 9.18 Å². The minimum Gasteiger partial charge on any atom is -0.346 e. The van der Waals surface area contributed by atoms with E-state index in [0.29, 0.717) is 6.54 Å². The van der Waals surface area contributed by atoms with Gasteiger partial charge in [0.25, 0.3) is 5.91 Å². The molecule has 0 aliphatic heterocycles. The molecule has 0 aliphatic rings. The van der Waals surface area contributed by atoms with Crippen molar-refractivity contribution >= 4 is 5.91 Å². The van der Waals surface area contributed by atoms with Crippen molar-refractivity contribution in [2.24, 2.45) is 0 Å². The van der Waals surface area contributed by atoms with E-state index in [1.165, 1.54) is 16.8 Å². The summed E-state index contributed by atoms with van der Waals surface area (Å²) in [4.78, 5) is 16.1. The summed E-state index contributed by atoms with van der Waals surface area (Å²) < 4.78 is 14.9. The number of aromatic nitrogens is 4. The molecule has 0 radical (unpaired) electrons. The average Bonchev–Trinajstić information content (AvgIpc) is 3.10. The fraction of sp³-hybridized carbons (Fsp3) is 0.176. The third-order valence-corrected chi connectivity index (χ3v) is 3.65. The van der Waals surface area contributed by atoms with Crippen molar-refractivity contribution in [2.75, 3.05) is 0 Å². The Bertz CT molecular complexity index is 834. The van der Waals surface area contributed by atoms with Crippen LogP contribution in [0.2, 0.25) is 0 Å². The Morgan fingerprint density at radius 1 is 1.33 bits per heavy atom. The van der Waals surface area contributed by atoms with Crippen molar-refractivity contribution in [3.8, 4) is 0 Å². The van der Waals surface area contributed by atoms with Crippen molar-refractivity contribution in [1.29, 1.82) is 0 Å². The zero-order valence-electron chi connectivity index (χ0n) is 13.1. The van der Waals surface area contributed by atoms with Crippen LogP contribution in [0.4, 0.5) is 4.39 Å². The molecule has 1 atom stereocenters. The summed E-state index contributed by atoms with van der Waals surface area (Å²) in [5, 5.41) is 10.6. The molecule has 0 saturated heterocycles. The lowest BCUT2D eigenvalue weighted by molar-refractivity contribution is 0.0946. The molecular formula is C17H16FN5O. The molecule has 1 unspecified atom stereocenters. The highest BCUT2D eigenvalue weighted by Crippen LogP contribution is 2.17. The number of pyridine rings is 1. The number of nitrogens with one attached hydrogen (secondary N) is 1. The average molecular weight is 325 g/mol. The normalized spacial score (nSPS) is 11.9.